The Morgan fingerprint density at radius 1 is 1.25 bits per heavy atom. The summed E-state index contributed by atoms with van der Waals surface area (Å²) in [5.74, 6) is -1.04. The Morgan fingerprint density at radius 3 is 2.35 bits per heavy atom. The summed E-state index contributed by atoms with van der Waals surface area (Å²) in [5.41, 5.74) is 1.58. The van der Waals surface area contributed by atoms with Gasteiger partial charge < -0.3 is 15.1 Å². The maximum atomic E-state index is 12.3. The Bertz CT molecular complexity index is 509. The van der Waals surface area contributed by atoms with Gasteiger partial charge in [-0.2, -0.15) is 0 Å². The molecular weight excluding hydrogens is 258 g/mol. The molecule has 1 aliphatic rings. The largest absolute Gasteiger partial charge is 0.480 e. The van der Waals surface area contributed by atoms with Crippen LogP contribution in [0.25, 0.3) is 0 Å². The number of rotatable bonds is 3. The third-order valence-electron chi connectivity index (χ3n) is 3.65. The van der Waals surface area contributed by atoms with E-state index in [1.165, 1.54) is 4.90 Å². The van der Waals surface area contributed by atoms with Crippen LogP contribution in [0, 0.1) is 0 Å². The fraction of sp³-hybridized carbons (Fsp3) is 0.467. The molecule has 1 fully saturated rings. The van der Waals surface area contributed by atoms with Crippen molar-refractivity contribution in [3.05, 3.63) is 35.4 Å². The number of likely N-dealkylation sites (tertiary alicyclic amines) is 1. The number of carboxylic acids is 1. The van der Waals surface area contributed by atoms with Gasteiger partial charge in [0.1, 0.15) is 6.04 Å². The van der Waals surface area contributed by atoms with Gasteiger partial charge in [-0.1, -0.05) is 26.0 Å². The first-order chi connectivity index (χ1) is 9.40. The van der Waals surface area contributed by atoms with Crippen molar-refractivity contribution in [1.29, 1.82) is 0 Å². The second-order valence-electron chi connectivity index (χ2n) is 5.48. The lowest BCUT2D eigenvalue weighted by Crippen LogP contribution is -2.40. The number of amides is 1. The Balaban J connectivity index is 2.20. The maximum absolute atomic E-state index is 12.3. The van der Waals surface area contributed by atoms with Crippen molar-refractivity contribution >= 4 is 11.9 Å². The molecule has 2 N–H and O–H groups in total. The first-order valence-electron chi connectivity index (χ1n) is 6.72. The van der Waals surface area contributed by atoms with Gasteiger partial charge >= 0.3 is 5.97 Å². The van der Waals surface area contributed by atoms with Crippen molar-refractivity contribution < 1.29 is 19.8 Å². The van der Waals surface area contributed by atoms with Gasteiger partial charge in [0.15, 0.2) is 0 Å². The number of nitrogens with zero attached hydrogens (tertiary/aromatic N) is 1. The minimum atomic E-state index is -1.08. The van der Waals surface area contributed by atoms with E-state index in [9.17, 15) is 14.7 Å². The molecule has 2 atom stereocenters. The van der Waals surface area contributed by atoms with Crippen molar-refractivity contribution in [2.75, 3.05) is 6.54 Å². The molecule has 0 aromatic heterocycles. The van der Waals surface area contributed by atoms with E-state index in [0.717, 1.165) is 5.56 Å². The molecule has 1 aromatic rings. The second-order valence-corrected chi connectivity index (χ2v) is 5.48. The second kappa shape index (κ2) is 5.63. The minimum Gasteiger partial charge on any atom is -0.480 e. The van der Waals surface area contributed by atoms with Gasteiger partial charge in [-0.3, -0.25) is 4.79 Å². The van der Waals surface area contributed by atoms with Crippen molar-refractivity contribution in [2.24, 2.45) is 0 Å². The lowest BCUT2D eigenvalue weighted by Gasteiger charge is -2.21. The van der Waals surface area contributed by atoms with Crippen LogP contribution in [0.1, 0.15) is 42.1 Å². The number of carbonyl (C=O) groups is 2. The summed E-state index contributed by atoms with van der Waals surface area (Å²) < 4.78 is 0. The van der Waals surface area contributed by atoms with E-state index in [-0.39, 0.29) is 18.9 Å². The fourth-order valence-corrected chi connectivity index (χ4v) is 2.45. The smallest absolute Gasteiger partial charge is 0.326 e. The highest BCUT2D eigenvalue weighted by Crippen LogP contribution is 2.22. The summed E-state index contributed by atoms with van der Waals surface area (Å²) in [4.78, 5) is 24.7. The molecule has 0 radical (unpaired) electrons. The van der Waals surface area contributed by atoms with E-state index in [1.807, 2.05) is 12.1 Å². The minimum absolute atomic E-state index is 0.0712. The van der Waals surface area contributed by atoms with Crippen molar-refractivity contribution in [2.45, 2.75) is 38.3 Å². The van der Waals surface area contributed by atoms with Crippen LogP contribution in [-0.2, 0) is 4.79 Å². The first-order valence-corrected chi connectivity index (χ1v) is 6.72. The molecule has 108 valence electrons. The molecule has 1 saturated heterocycles. The van der Waals surface area contributed by atoms with Crippen LogP contribution in [0.2, 0.25) is 0 Å². The zero-order valence-electron chi connectivity index (χ0n) is 11.6. The Labute approximate surface area is 117 Å². The Hall–Kier alpha value is -1.88. The molecule has 1 aromatic carbocycles. The Morgan fingerprint density at radius 2 is 1.85 bits per heavy atom. The standard InChI is InChI=1S/C15H19NO4/c1-9(2)10-3-5-11(6-4-10)14(18)16-8-12(17)7-13(16)15(19)20/h3-6,9,12-13,17H,7-8H2,1-2H3,(H,19,20)/t12-,13-/m1/s1. The Kier molecular flexibility index (Phi) is 4.09. The average Bonchev–Trinajstić information content (AvgIpc) is 2.80. The summed E-state index contributed by atoms with van der Waals surface area (Å²) in [6.45, 7) is 4.20. The number of aliphatic hydroxyl groups is 1. The molecule has 0 unspecified atom stereocenters. The quantitative estimate of drug-likeness (QED) is 0.877. The third-order valence-corrected chi connectivity index (χ3v) is 3.65. The van der Waals surface area contributed by atoms with Crippen LogP contribution in [0.4, 0.5) is 0 Å². The van der Waals surface area contributed by atoms with E-state index >= 15 is 0 Å². The molecule has 1 heterocycles. The highest BCUT2D eigenvalue weighted by molar-refractivity contribution is 5.97. The van der Waals surface area contributed by atoms with E-state index in [1.54, 1.807) is 12.1 Å². The maximum Gasteiger partial charge on any atom is 0.326 e. The molecule has 20 heavy (non-hydrogen) atoms. The van der Waals surface area contributed by atoms with Crippen LogP contribution >= 0.6 is 0 Å². The number of aliphatic hydroxyl groups excluding tert-OH is 1. The van der Waals surface area contributed by atoms with Gasteiger partial charge in [-0.05, 0) is 23.6 Å². The van der Waals surface area contributed by atoms with E-state index in [2.05, 4.69) is 13.8 Å². The fourth-order valence-electron chi connectivity index (χ4n) is 2.45. The number of carboxylic acid groups (broad SMARTS) is 1. The van der Waals surface area contributed by atoms with Crippen molar-refractivity contribution in [1.82, 2.24) is 4.90 Å². The van der Waals surface area contributed by atoms with Gasteiger partial charge in [-0.25, -0.2) is 4.79 Å². The van der Waals surface area contributed by atoms with Crippen LogP contribution in [0.5, 0.6) is 0 Å². The summed E-state index contributed by atoms with van der Waals surface area (Å²) in [7, 11) is 0. The highest BCUT2D eigenvalue weighted by Gasteiger charge is 2.39. The molecule has 5 heteroatoms. The van der Waals surface area contributed by atoms with Gasteiger partial charge in [-0.15, -0.1) is 0 Å². The molecular formula is C15H19NO4. The number of hydrogen-bond donors (Lipinski definition) is 2. The molecule has 0 bridgehead atoms. The summed E-state index contributed by atoms with van der Waals surface area (Å²) in [6, 6.07) is 6.23. The van der Waals surface area contributed by atoms with Crippen LogP contribution in [-0.4, -0.2) is 45.7 Å². The molecule has 1 amide bonds. The molecule has 0 spiro atoms. The highest BCUT2D eigenvalue weighted by atomic mass is 16.4. The van der Waals surface area contributed by atoms with Crippen LogP contribution < -0.4 is 0 Å². The SMILES string of the molecule is CC(C)c1ccc(C(=O)N2C[C@H](O)C[C@@H]2C(=O)O)cc1. The third kappa shape index (κ3) is 2.82. The first kappa shape index (κ1) is 14.5. The lowest BCUT2D eigenvalue weighted by atomic mass is 10.0. The van der Waals surface area contributed by atoms with Crippen LogP contribution in [0.3, 0.4) is 0 Å². The van der Waals surface area contributed by atoms with Gasteiger partial charge in [0.25, 0.3) is 5.91 Å². The lowest BCUT2D eigenvalue weighted by molar-refractivity contribution is -0.141. The average molecular weight is 277 g/mol. The van der Waals surface area contributed by atoms with E-state index in [0.29, 0.717) is 11.5 Å². The summed E-state index contributed by atoms with van der Waals surface area (Å²) in [6.07, 6.45) is -0.680. The predicted octanol–water partition coefficient (Wildman–Crippen LogP) is 1.47. The van der Waals surface area contributed by atoms with Crippen molar-refractivity contribution in [3.8, 4) is 0 Å². The molecule has 5 nitrogen and oxygen atoms in total. The number of hydrogen-bond acceptors (Lipinski definition) is 3. The number of β-amino-alcohol motifs (C(OH)–C–C–N with tert-alkyl or cyclic N) is 1. The van der Waals surface area contributed by atoms with Gasteiger partial charge in [0.2, 0.25) is 0 Å². The molecule has 2 rings (SSSR count). The topological polar surface area (TPSA) is 77.8 Å². The van der Waals surface area contributed by atoms with Crippen molar-refractivity contribution in [3.63, 3.8) is 0 Å². The molecule has 0 aliphatic carbocycles. The number of benzene rings is 1. The summed E-state index contributed by atoms with van der Waals surface area (Å²) >= 11 is 0. The van der Waals surface area contributed by atoms with Gasteiger partial charge in [0, 0.05) is 18.5 Å². The predicted molar refractivity (Wildman–Crippen MR) is 73.6 cm³/mol. The molecule has 0 saturated carbocycles. The number of carbonyl (C=O) groups excluding carboxylic acids is 1. The van der Waals surface area contributed by atoms with Gasteiger partial charge in [0.05, 0.1) is 6.10 Å². The van der Waals surface area contributed by atoms with E-state index < -0.39 is 18.1 Å². The van der Waals surface area contributed by atoms with Crippen LogP contribution in [0.15, 0.2) is 24.3 Å². The number of aliphatic carboxylic acids is 1. The normalized spacial score (nSPS) is 22.3. The summed E-state index contributed by atoms with van der Waals surface area (Å²) in [5, 5.41) is 18.7. The zero-order chi connectivity index (χ0) is 14.9. The van der Waals surface area contributed by atoms with E-state index in [4.69, 9.17) is 5.11 Å². The molecule has 1 aliphatic heterocycles. The monoisotopic (exact) mass is 277 g/mol. The zero-order valence-corrected chi connectivity index (χ0v) is 11.6.